The largest absolute Gasteiger partial charge is 0.490 e. The second kappa shape index (κ2) is 9.27. The molecule has 0 spiro atoms. The predicted molar refractivity (Wildman–Crippen MR) is 91.1 cm³/mol. The molecule has 1 fully saturated rings. The van der Waals surface area contributed by atoms with Crippen LogP contribution in [0, 0.1) is 0 Å². The van der Waals surface area contributed by atoms with Crippen LogP contribution in [-0.2, 0) is 9.53 Å². The molecule has 0 aliphatic heterocycles. The van der Waals surface area contributed by atoms with Crippen molar-refractivity contribution in [3.05, 3.63) is 29.8 Å². The zero-order chi connectivity index (χ0) is 17.4. The molecule has 1 aliphatic rings. The Bertz CT molecular complexity index is 556. The molecule has 1 atom stereocenters. The third kappa shape index (κ3) is 5.23. The minimum atomic E-state index is -0.592. The van der Waals surface area contributed by atoms with E-state index in [9.17, 15) is 9.59 Å². The van der Waals surface area contributed by atoms with Crippen LogP contribution in [0.3, 0.4) is 0 Å². The number of nitrogens with one attached hydrogen (secondary N) is 2. The molecule has 6 heteroatoms. The molecule has 1 aromatic rings. The van der Waals surface area contributed by atoms with E-state index < -0.39 is 6.04 Å². The molecule has 2 amide bonds. The smallest absolute Gasteiger partial charge is 0.255 e. The topological polar surface area (TPSA) is 76.7 Å². The van der Waals surface area contributed by atoms with E-state index in [1.165, 1.54) is 0 Å². The van der Waals surface area contributed by atoms with Crippen molar-refractivity contribution < 1.29 is 19.1 Å². The predicted octanol–water partition coefficient (Wildman–Crippen LogP) is 1.89. The Morgan fingerprint density at radius 3 is 2.62 bits per heavy atom. The first-order chi connectivity index (χ1) is 11.6. The Labute approximate surface area is 142 Å². The number of para-hydroxylation sites is 1. The Morgan fingerprint density at radius 2 is 1.92 bits per heavy atom. The first-order valence-corrected chi connectivity index (χ1v) is 8.44. The summed E-state index contributed by atoms with van der Waals surface area (Å²) in [4.78, 5) is 24.6. The summed E-state index contributed by atoms with van der Waals surface area (Å²) in [5, 5.41) is 5.73. The van der Waals surface area contributed by atoms with E-state index in [2.05, 4.69) is 10.6 Å². The molecule has 132 valence electrons. The van der Waals surface area contributed by atoms with Gasteiger partial charge in [0, 0.05) is 13.2 Å². The minimum absolute atomic E-state index is 0.145. The number of benzene rings is 1. The van der Waals surface area contributed by atoms with Crippen molar-refractivity contribution in [1.82, 2.24) is 10.6 Å². The SMILES string of the molecule is COCCOc1ccccc1C(=O)NC(C)C(=O)NC1CCCC1. The number of amides is 2. The fourth-order valence-corrected chi connectivity index (χ4v) is 2.75. The summed E-state index contributed by atoms with van der Waals surface area (Å²) < 4.78 is 10.5. The highest BCUT2D eigenvalue weighted by Crippen LogP contribution is 2.19. The molecule has 0 bridgehead atoms. The van der Waals surface area contributed by atoms with Crippen LogP contribution in [0.1, 0.15) is 43.0 Å². The molecule has 2 N–H and O–H groups in total. The maximum Gasteiger partial charge on any atom is 0.255 e. The summed E-state index contributed by atoms with van der Waals surface area (Å²) in [6.07, 6.45) is 4.33. The number of carbonyl (C=O) groups excluding carboxylic acids is 2. The van der Waals surface area contributed by atoms with Gasteiger partial charge in [0.25, 0.3) is 5.91 Å². The zero-order valence-electron chi connectivity index (χ0n) is 14.3. The Kier molecular flexibility index (Phi) is 7.06. The Hall–Kier alpha value is -2.08. The standard InChI is InChI=1S/C18H26N2O4/c1-13(17(21)20-14-7-3-4-8-14)19-18(22)15-9-5-6-10-16(15)24-12-11-23-2/h5-6,9-10,13-14H,3-4,7-8,11-12H2,1-2H3,(H,19,22)(H,20,21). The van der Waals surface area contributed by atoms with Crippen LogP contribution >= 0.6 is 0 Å². The average Bonchev–Trinajstić information content (AvgIpc) is 3.08. The Morgan fingerprint density at radius 1 is 1.21 bits per heavy atom. The van der Waals surface area contributed by atoms with Crippen molar-refractivity contribution in [2.24, 2.45) is 0 Å². The van der Waals surface area contributed by atoms with Crippen LogP contribution in [0.2, 0.25) is 0 Å². The molecular formula is C18H26N2O4. The summed E-state index contributed by atoms with van der Waals surface area (Å²) >= 11 is 0. The van der Waals surface area contributed by atoms with E-state index in [-0.39, 0.29) is 17.9 Å². The van der Waals surface area contributed by atoms with Gasteiger partial charge in [0.05, 0.1) is 12.2 Å². The van der Waals surface area contributed by atoms with Gasteiger partial charge in [-0.1, -0.05) is 25.0 Å². The molecule has 0 radical (unpaired) electrons. The highest BCUT2D eigenvalue weighted by molar-refractivity contribution is 5.99. The average molecular weight is 334 g/mol. The Balaban J connectivity index is 1.92. The van der Waals surface area contributed by atoms with Gasteiger partial charge in [-0.15, -0.1) is 0 Å². The number of ether oxygens (including phenoxy) is 2. The molecule has 6 nitrogen and oxygen atoms in total. The first-order valence-electron chi connectivity index (χ1n) is 8.44. The van der Waals surface area contributed by atoms with Crippen molar-refractivity contribution >= 4 is 11.8 Å². The van der Waals surface area contributed by atoms with Crippen LogP contribution in [0.4, 0.5) is 0 Å². The third-order valence-electron chi connectivity index (χ3n) is 4.12. The molecule has 0 saturated heterocycles. The van der Waals surface area contributed by atoms with Crippen molar-refractivity contribution in [1.29, 1.82) is 0 Å². The summed E-state index contributed by atoms with van der Waals surface area (Å²) in [5.41, 5.74) is 0.411. The molecule has 1 saturated carbocycles. The minimum Gasteiger partial charge on any atom is -0.490 e. The number of hydrogen-bond acceptors (Lipinski definition) is 4. The highest BCUT2D eigenvalue weighted by atomic mass is 16.5. The summed E-state index contributed by atoms with van der Waals surface area (Å²) in [5.74, 6) is 0.0144. The maximum absolute atomic E-state index is 12.4. The lowest BCUT2D eigenvalue weighted by Crippen LogP contribution is -2.47. The van der Waals surface area contributed by atoms with E-state index in [1.54, 1.807) is 38.3 Å². The normalized spacial score (nSPS) is 15.8. The van der Waals surface area contributed by atoms with E-state index in [0.29, 0.717) is 24.5 Å². The van der Waals surface area contributed by atoms with Crippen molar-refractivity contribution in [3.8, 4) is 5.75 Å². The van der Waals surface area contributed by atoms with Gasteiger partial charge in [0.2, 0.25) is 5.91 Å². The van der Waals surface area contributed by atoms with Gasteiger partial charge in [0.1, 0.15) is 18.4 Å². The molecule has 1 aromatic carbocycles. The first kappa shape index (κ1) is 18.3. The van der Waals surface area contributed by atoms with E-state index in [1.807, 2.05) is 0 Å². The molecule has 24 heavy (non-hydrogen) atoms. The third-order valence-corrected chi connectivity index (χ3v) is 4.12. The van der Waals surface area contributed by atoms with Gasteiger partial charge in [0.15, 0.2) is 0 Å². The number of hydrogen-bond donors (Lipinski definition) is 2. The monoisotopic (exact) mass is 334 g/mol. The number of rotatable bonds is 8. The van der Waals surface area contributed by atoms with Crippen LogP contribution in [0.5, 0.6) is 5.75 Å². The summed E-state index contributed by atoms with van der Waals surface area (Å²) in [7, 11) is 1.59. The highest BCUT2D eigenvalue weighted by Gasteiger charge is 2.23. The lowest BCUT2D eigenvalue weighted by atomic mass is 10.1. The quantitative estimate of drug-likeness (QED) is 0.712. The lowest BCUT2D eigenvalue weighted by Gasteiger charge is -2.18. The van der Waals surface area contributed by atoms with Gasteiger partial charge >= 0.3 is 0 Å². The van der Waals surface area contributed by atoms with Gasteiger partial charge < -0.3 is 20.1 Å². The van der Waals surface area contributed by atoms with E-state index in [0.717, 1.165) is 25.7 Å². The molecule has 2 rings (SSSR count). The summed E-state index contributed by atoms with van der Waals surface area (Å²) in [6.45, 7) is 2.49. The lowest BCUT2D eigenvalue weighted by molar-refractivity contribution is -0.123. The van der Waals surface area contributed by atoms with Crippen molar-refractivity contribution in [2.75, 3.05) is 20.3 Å². The number of methoxy groups -OCH3 is 1. The maximum atomic E-state index is 12.4. The summed E-state index contributed by atoms with van der Waals surface area (Å²) in [6, 6.07) is 6.62. The van der Waals surface area contributed by atoms with Gasteiger partial charge in [-0.3, -0.25) is 9.59 Å². The molecular weight excluding hydrogens is 308 g/mol. The second-order valence-electron chi connectivity index (χ2n) is 6.02. The van der Waals surface area contributed by atoms with Crippen molar-refractivity contribution in [2.45, 2.75) is 44.7 Å². The fourth-order valence-electron chi connectivity index (χ4n) is 2.75. The van der Waals surface area contributed by atoms with E-state index in [4.69, 9.17) is 9.47 Å². The molecule has 0 heterocycles. The fraction of sp³-hybridized carbons (Fsp3) is 0.556. The van der Waals surface area contributed by atoms with Gasteiger partial charge in [-0.05, 0) is 31.9 Å². The van der Waals surface area contributed by atoms with Crippen molar-refractivity contribution in [3.63, 3.8) is 0 Å². The zero-order valence-corrected chi connectivity index (χ0v) is 14.3. The van der Waals surface area contributed by atoms with Crippen LogP contribution < -0.4 is 15.4 Å². The van der Waals surface area contributed by atoms with Crippen LogP contribution in [0.15, 0.2) is 24.3 Å². The van der Waals surface area contributed by atoms with E-state index >= 15 is 0 Å². The van der Waals surface area contributed by atoms with Crippen LogP contribution in [-0.4, -0.2) is 44.2 Å². The second-order valence-corrected chi connectivity index (χ2v) is 6.02. The molecule has 1 unspecified atom stereocenters. The number of carbonyl (C=O) groups is 2. The molecule has 1 aliphatic carbocycles. The van der Waals surface area contributed by atoms with Gasteiger partial charge in [-0.25, -0.2) is 0 Å². The molecule has 0 aromatic heterocycles. The van der Waals surface area contributed by atoms with Gasteiger partial charge in [-0.2, -0.15) is 0 Å². The van der Waals surface area contributed by atoms with Crippen LogP contribution in [0.25, 0.3) is 0 Å².